The Morgan fingerprint density at radius 2 is 2.00 bits per heavy atom. The van der Waals surface area contributed by atoms with Crippen LogP contribution in [0.15, 0.2) is 48.7 Å². The predicted octanol–water partition coefficient (Wildman–Crippen LogP) is 2.23. The predicted molar refractivity (Wildman–Crippen MR) is 103 cm³/mol. The second kappa shape index (κ2) is 8.83. The molecule has 7 nitrogen and oxygen atoms in total. The number of anilines is 1. The number of carbonyl (C=O) groups excluding carboxylic acids is 2. The van der Waals surface area contributed by atoms with Gasteiger partial charge in [-0.2, -0.15) is 0 Å². The fourth-order valence-electron chi connectivity index (χ4n) is 3.21. The molecule has 1 aliphatic rings. The molecule has 3 N–H and O–H groups in total. The maximum Gasteiger partial charge on any atom is 0.319 e. The highest BCUT2D eigenvalue weighted by atomic mass is 35.5. The van der Waals surface area contributed by atoms with Crippen LogP contribution in [0, 0.1) is 0 Å². The van der Waals surface area contributed by atoms with Crippen LogP contribution in [0.1, 0.15) is 18.0 Å². The van der Waals surface area contributed by atoms with Crippen molar-refractivity contribution in [1.29, 1.82) is 0 Å². The van der Waals surface area contributed by atoms with E-state index in [0.717, 1.165) is 5.69 Å². The van der Waals surface area contributed by atoms with Crippen LogP contribution in [-0.4, -0.2) is 52.7 Å². The number of piperidine rings is 1. The average Bonchev–Trinajstić information content (AvgIpc) is 2.69. The van der Waals surface area contributed by atoms with Gasteiger partial charge in [0.05, 0.1) is 5.02 Å². The van der Waals surface area contributed by atoms with E-state index < -0.39 is 6.61 Å². The number of carbonyl (C=O) groups is 2. The minimum Gasteiger partial charge on any atom is -0.387 e. The van der Waals surface area contributed by atoms with Gasteiger partial charge in [0.25, 0.3) is 0 Å². The standard InChI is InChI=1S/C19H21ClN4O3/c20-13-6-7-16(21-10-13)15-11-24(18(26)12-25)9-8-17(15)23-19(27)22-14-4-2-1-3-5-14/h1-7,10,15,17,25H,8-9,11-12H2,(H2,22,23,27)/t15-,17+/m0/s1. The highest BCUT2D eigenvalue weighted by molar-refractivity contribution is 6.30. The second-order valence-corrected chi connectivity index (χ2v) is 6.80. The summed E-state index contributed by atoms with van der Waals surface area (Å²) in [7, 11) is 0. The molecular formula is C19H21ClN4O3. The van der Waals surface area contributed by atoms with Crippen molar-refractivity contribution in [3.05, 3.63) is 59.4 Å². The third-order valence-electron chi connectivity index (χ3n) is 4.58. The van der Waals surface area contributed by atoms with Crippen LogP contribution >= 0.6 is 11.6 Å². The molecule has 27 heavy (non-hydrogen) atoms. The summed E-state index contributed by atoms with van der Waals surface area (Å²) in [6, 6.07) is 12.2. The van der Waals surface area contributed by atoms with Crippen molar-refractivity contribution >= 4 is 29.2 Å². The maximum atomic E-state index is 12.4. The van der Waals surface area contributed by atoms with E-state index in [9.17, 15) is 9.59 Å². The summed E-state index contributed by atoms with van der Waals surface area (Å²) >= 11 is 5.92. The van der Waals surface area contributed by atoms with Crippen molar-refractivity contribution in [1.82, 2.24) is 15.2 Å². The molecule has 2 atom stereocenters. The Morgan fingerprint density at radius 3 is 2.67 bits per heavy atom. The quantitative estimate of drug-likeness (QED) is 0.748. The van der Waals surface area contributed by atoms with Gasteiger partial charge in [-0.15, -0.1) is 0 Å². The van der Waals surface area contributed by atoms with E-state index in [1.807, 2.05) is 18.2 Å². The Morgan fingerprint density at radius 1 is 1.22 bits per heavy atom. The topological polar surface area (TPSA) is 94.6 Å². The molecule has 1 fully saturated rings. The lowest BCUT2D eigenvalue weighted by Crippen LogP contribution is -2.52. The molecule has 0 bridgehead atoms. The van der Waals surface area contributed by atoms with Crippen LogP contribution in [-0.2, 0) is 4.79 Å². The van der Waals surface area contributed by atoms with Gasteiger partial charge in [0.2, 0.25) is 5.91 Å². The number of rotatable bonds is 4. The zero-order valence-corrected chi connectivity index (χ0v) is 15.4. The van der Waals surface area contributed by atoms with Crippen LogP contribution in [0.5, 0.6) is 0 Å². The smallest absolute Gasteiger partial charge is 0.319 e. The molecule has 1 aromatic heterocycles. The molecule has 1 aliphatic heterocycles. The number of para-hydroxylation sites is 1. The number of nitrogens with zero attached hydrogens (tertiary/aromatic N) is 2. The first-order chi connectivity index (χ1) is 13.1. The van der Waals surface area contributed by atoms with Gasteiger partial charge < -0.3 is 20.6 Å². The first-order valence-corrected chi connectivity index (χ1v) is 9.07. The van der Waals surface area contributed by atoms with Crippen LogP contribution < -0.4 is 10.6 Å². The van der Waals surface area contributed by atoms with Gasteiger partial charge in [-0.1, -0.05) is 29.8 Å². The van der Waals surface area contributed by atoms with Gasteiger partial charge in [-0.25, -0.2) is 4.79 Å². The number of aromatic nitrogens is 1. The fourth-order valence-corrected chi connectivity index (χ4v) is 3.33. The highest BCUT2D eigenvalue weighted by Gasteiger charge is 2.34. The SMILES string of the molecule is O=C(Nc1ccccc1)N[C@@H]1CCN(C(=O)CO)C[C@H]1c1ccc(Cl)cn1. The molecule has 142 valence electrons. The van der Waals surface area contributed by atoms with E-state index in [4.69, 9.17) is 16.7 Å². The number of likely N-dealkylation sites (tertiary alicyclic amines) is 1. The summed E-state index contributed by atoms with van der Waals surface area (Å²) in [5.74, 6) is -0.533. The van der Waals surface area contributed by atoms with Crippen LogP contribution in [0.2, 0.25) is 5.02 Å². The zero-order chi connectivity index (χ0) is 19.2. The van der Waals surface area contributed by atoms with Crippen molar-refractivity contribution in [2.75, 3.05) is 25.0 Å². The van der Waals surface area contributed by atoms with Crippen LogP contribution in [0.4, 0.5) is 10.5 Å². The molecule has 8 heteroatoms. The number of urea groups is 1. The molecule has 0 aliphatic carbocycles. The van der Waals surface area contributed by atoms with E-state index in [1.165, 1.54) is 0 Å². The molecule has 0 unspecified atom stereocenters. The van der Waals surface area contributed by atoms with E-state index in [1.54, 1.807) is 35.4 Å². The van der Waals surface area contributed by atoms with Gasteiger partial charge in [0.15, 0.2) is 0 Å². The van der Waals surface area contributed by atoms with Crippen molar-refractivity contribution in [2.45, 2.75) is 18.4 Å². The lowest BCUT2D eigenvalue weighted by molar-refractivity contribution is -0.135. The molecule has 2 heterocycles. The number of pyridine rings is 1. The second-order valence-electron chi connectivity index (χ2n) is 6.37. The number of nitrogens with one attached hydrogen (secondary N) is 2. The minimum atomic E-state index is -0.534. The summed E-state index contributed by atoms with van der Waals surface area (Å²) in [6.45, 7) is 0.289. The number of halogens is 1. The molecule has 1 saturated heterocycles. The third-order valence-corrected chi connectivity index (χ3v) is 4.80. The Hall–Kier alpha value is -2.64. The largest absolute Gasteiger partial charge is 0.387 e. The number of aliphatic hydroxyl groups is 1. The summed E-state index contributed by atoms with van der Waals surface area (Å²) in [5, 5.41) is 15.5. The molecular weight excluding hydrogens is 368 g/mol. The number of aliphatic hydroxyl groups excluding tert-OH is 1. The van der Waals surface area contributed by atoms with Gasteiger partial charge >= 0.3 is 6.03 Å². The first-order valence-electron chi connectivity index (χ1n) is 8.69. The Bertz CT molecular complexity index is 785. The average molecular weight is 389 g/mol. The van der Waals surface area contributed by atoms with Crippen LogP contribution in [0.25, 0.3) is 0 Å². The van der Waals surface area contributed by atoms with E-state index >= 15 is 0 Å². The van der Waals surface area contributed by atoms with Crippen molar-refractivity contribution in [2.24, 2.45) is 0 Å². The molecule has 2 aromatic rings. The molecule has 1 aromatic carbocycles. The van der Waals surface area contributed by atoms with E-state index in [2.05, 4.69) is 15.6 Å². The number of hydrogen-bond donors (Lipinski definition) is 3. The monoisotopic (exact) mass is 388 g/mol. The fraction of sp³-hybridized carbons (Fsp3) is 0.316. The summed E-state index contributed by atoms with van der Waals surface area (Å²) in [5.41, 5.74) is 1.43. The van der Waals surface area contributed by atoms with Crippen molar-refractivity contribution in [3.8, 4) is 0 Å². The Kier molecular flexibility index (Phi) is 6.26. The zero-order valence-electron chi connectivity index (χ0n) is 14.6. The minimum absolute atomic E-state index is 0.201. The Balaban J connectivity index is 1.74. The van der Waals surface area contributed by atoms with E-state index in [0.29, 0.717) is 30.2 Å². The Labute approximate surface area is 162 Å². The number of amides is 3. The van der Waals surface area contributed by atoms with Crippen LogP contribution in [0.3, 0.4) is 0 Å². The number of hydrogen-bond acceptors (Lipinski definition) is 4. The lowest BCUT2D eigenvalue weighted by atomic mass is 9.88. The van der Waals surface area contributed by atoms with Gasteiger partial charge in [-0.05, 0) is 30.7 Å². The molecule has 3 amide bonds. The molecule has 0 spiro atoms. The first kappa shape index (κ1) is 19.1. The number of benzene rings is 1. The third kappa shape index (κ3) is 4.96. The highest BCUT2D eigenvalue weighted by Crippen LogP contribution is 2.27. The molecule has 3 rings (SSSR count). The summed E-state index contributed by atoms with van der Waals surface area (Å²) < 4.78 is 0. The molecule has 0 radical (unpaired) electrons. The lowest BCUT2D eigenvalue weighted by Gasteiger charge is -2.38. The van der Waals surface area contributed by atoms with Gasteiger partial charge in [-0.3, -0.25) is 9.78 Å². The molecule has 0 saturated carbocycles. The maximum absolute atomic E-state index is 12.4. The normalized spacial score (nSPS) is 19.4. The van der Waals surface area contributed by atoms with Gasteiger partial charge in [0, 0.05) is 42.6 Å². The summed E-state index contributed by atoms with van der Waals surface area (Å²) in [4.78, 5) is 30.3. The van der Waals surface area contributed by atoms with Crippen molar-refractivity contribution in [3.63, 3.8) is 0 Å². The van der Waals surface area contributed by atoms with E-state index in [-0.39, 0.29) is 23.9 Å². The van der Waals surface area contributed by atoms with Gasteiger partial charge in [0.1, 0.15) is 6.61 Å². The van der Waals surface area contributed by atoms with Crippen molar-refractivity contribution < 1.29 is 14.7 Å². The summed E-state index contributed by atoms with van der Waals surface area (Å²) in [6.07, 6.45) is 2.10.